The van der Waals surface area contributed by atoms with Crippen LogP contribution in [0.2, 0.25) is 0 Å². The van der Waals surface area contributed by atoms with Gasteiger partial charge < -0.3 is 35.9 Å². The molecule has 1 aromatic heterocycles. The molecule has 1 aliphatic rings. The van der Waals surface area contributed by atoms with Crippen LogP contribution in [0, 0.1) is 11.3 Å². The summed E-state index contributed by atoms with van der Waals surface area (Å²) in [6.07, 6.45) is 0.0119. The third kappa shape index (κ3) is 7.72. The van der Waals surface area contributed by atoms with E-state index < -0.39 is 24.5 Å². The minimum Gasteiger partial charge on any atom is -0.387 e. The number of rotatable bonds is 12. The quantitative estimate of drug-likeness (QED) is 0.205. The number of hydrogen-bond donors (Lipinski definition) is 5. The van der Waals surface area contributed by atoms with Gasteiger partial charge in [0.15, 0.2) is 12.0 Å². The van der Waals surface area contributed by atoms with Crippen molar-refractivity contribution in [1.82, 2.24) is 19.8 Å². The Balaban J connectivity index is 1.49. The van der Waals surface area contributed by atoms with Crippen LogP contribution in [-0.4, -0.2) is 87.6 Å². The van der Waals surface area contributed by atoms with E-state index in [4.69, 9.17) is 10.1 Å². The first kappa shape index (κ1) is 30.4. The fourth-order valence-electron chi connectivity index (χ4n) is 4.44. The lowest BCUT2D eigenvalue weighted by atomic mass is 10.0. The fourth-order valence-corrected chi connectivity index (χ4v) is 4.44. The van der Waals surface area contributed by atoms with Crippen molar-refractivity contribution in [1.29, 1.82) is 5.41 Å². The molecule has 1 aromatic carbocycles. The molecule has 1 fully saturated rings. The smallest absolute Gasteiger partial charge is 0.319 e. The minimum atomic E-state index is -1.18. The molecule has 0 saturated carbocycles. The molecule has 2 aromatic rings. The zero-order valence-corrected chi connectivity index (χ0v) is 23.8. The van der Waals surface area contributed by atoms with Crippen LogP contribution in [0.25, 0.3) is 0 Å². The maximum atomic E-state index is 12.2. The first-order chi connectivity index (χ1) is 18.5. The molecule has 39 heavy (non-hydrogen) atoms. The van der Waals surface area contributed by atoms with Gasteiger partial charge in [0.2, 0.25) is 0 Å². The van der Waals surface area contributed by atoms with Crippen LogP contribution in [0.5, 0.6) is 0 Å². The van der Waals surface area contributed by atoms with E-state index in [2.05, 4.69) is 34.5 Å². The highest BCUT2D eigenvalue weighted by atomic mass is 16.6. The van der Waals surface area contributed by atoms with Crippen molar-refractivity contribution in [3.8, 4) is 0 Å². The molecular formula is C28H43N7O4. The zero-order chi connectivity index (χ0) is 28.7. The second-order valence-electron chi connectivity index (χ2n) is 10.6. The second kappa shape index (κ2) is 13.8. The number of nitrogens with one attached hydrogen (secondary N) is 3. The Hall–Kier alpha value is -3.12. The predicted octanol–water partition coefficient (Wildman–Crippen LogP) is 3.52. The monoisotopic (exact) mass is 541 g/mol. The summed E-state index contributed by atoms with van der Waals surface area (Å²) in [5.41, 5.74) is 2.73. The number of aliphatic hydroxyl groups is 2. The van der Waals surface area contributed by atoms with Gasteiger partial charge in [0, 0.05) is 25.0 Å². The van der Waals surface area contributed by atoms with Gasteiger partial charge in [0.25, 0.3) is 0 Å². The molecule has 2 amide bonds. The van der Waals surface area contributed by atoms with Crippen molar-refractivity contribution >= 4 is 29.5 Å². The highest BCUT2D eigenvalue weighted by Gasteiger charge is 2.45. The first-order valence-electron chi connectivity index (χ1n) is 13.5. The van der Waals surface area contributed by atoms with E-state index in [1.54, 1.807) is 17.7 Å². The Morgan fingerprint density at radius 2 is 1.92 bits per heavy atom. The average molecular weight is 542 g/mol. The Kier molecular flexibility index (Phi) is 10.8. The lowest BCUT2D eigenvalue weighted by Gasteiger charge is -2.23. The van der Waals surface area contributed by atoms with Crippen molar-refractivity contribution in [2.75, 3.05) is 32.0 Å². The summed E-state index contributed by atoms with van der Waals surface area (Å²) in [6, 6.07) is 7.56. The molecule has 11 nitrogen and oxygen atoms in total. The molecule has 5 N–H and O–H groups in total. The minimum absolute atomic E-state index is 0.0441. The zero-order valence-electron chi connectivity index (χ0n) is 23.8. The highest BCUT2D eigenvalue weighted by Crippen LogP contribution is 2.34. The van der Waals surface area contributed by atoms with Crippen LogP contribution < -0.4 is 10.6 Å². The SMILES string of the molecule is CC=Nc1c(C(=N)C(C)C)ncn1C1OC(CN(C)CCCNC(=O)Nc2ccc(C(C)C)cc2)C(O)C1O. The van der Waals surface area contributed by atoms with Gasteiger partial charge in [-0.1, -0.05) is 39.8 Å². The van der Waals surface area contributed by atoms with Crippen LogP contribution in [0.4, 0.5) is 16.3 Å². The molecule has 1 aliphatic heterocycles. The number of aliphatic imine (C=N–C) groups is 1. The van der Waals surface area contributed by atoms with Gasteiger partial charge in [-0.05, 0) is 56.5 Å². The van der Waals surface area contributed by atoms with E-state index in [9.17, 15) is 15.0 Å². The molecule has 3 rings (SSSR count). The summed E-state index contributed by atoms with van der Waals surface area (Å²) >= 11 is 0. The number of benzene rings is 1. The second-order valence-corrected chi connectivity index (χ2v) is 10.6. The van der Waals surface area contributed by atoms with Crippen molar-refractivity contribution in [2.24, 2.45) is 10.9 Å². The number of hydrogen-bond acceptors (Lipinski definition) is 8. The van der Waals surface area contributed by atoms with E-state index in [1.807, 2.05) is 50.1 Å². The number of aromatic nitrogens is 2. The summed E-state index contributed by atoms with van der Waals surface area (Å²) in [7, 11) is 1.90. The molecule has 1 saturated heterocycles. The standard InChI is InChI=1S/C28H43N7O4/c1-7-30-26-23(22(29)18(4)5)32-16-35(26)27-25(37)24(36)21(39-27)15-34(6)14-8-13-31-28(38)33-20-11-9-19(10-12-20)17(2)3/h7,9-12,16-18,21,24-25,27,29,36-37H,8,13-15H2,1-6H3,(H2,31,33,38). The van der Waals surface area contributed by atoms with Gasteiger partial charge in [-0.2, -0.15) is 0 Å². The maximum absolute atomic E-state index is 12.2. The molecule has 4 unspecified atom stereocenters. The molecule has 0 radical (unpaired) electrons. The van der Waals surface area contributed by atoms with E-state index >= 15 is 0 Å². The van der Waals surface area contributed by atoms with Gasteiger partial charge in [0.1, 0.15) is 24.0 Å². The van der Waals surface area contributed by atoms with Gasteiger partial charge >= 0.3 is 6.03 Å². The van der Waals surface area contributed by atoms with Crippen LogP contribution in [0.1, 0.15) is 64.4 Å². The normalized spacial score (nSPS) is 21.4. The molecule has 0 spiro atoms. The highest BCUT2D eigenvalue weighted by molar-refractivity contribution is 6.01. The fraction of sp³-hybridized carbons (Fsp3) is 0.571. The summed E-state index contributed by atoms with van der Waals surface area (Å²) in [6.45, 7) is 11.4. The molecule has 4 atom stereocenters. The van der Waals surface area contributed by atoms with Crippen LogP contribution >= 0.6 is 0 Å². The van der Waals surface area contributed by atoms with Crippen molar-refractivity contribution in [3.05, 3.63) is 41.9 Å². The van der Waals surface area contributed by atoms with Crippen LogP contribution in [-0.2, 0) is 4.74 Å². The topological polar surface area (TPSA) is 148 Å². The number of anilines is 1. The van der Waals surface area contributed by atoms with Gasteiger partial charge in [-0.25, -0.2) is 14.8 Å². The van der Waals surface area contributed by atoms with E-state index in [-0.39, 0.29) is 11.9 Å². The van der Waals surface area contributed by atoms with Crippen molar-refractivity contribution in [3.63, 3.8) is 0 Å². The molecule has 11 heteroatoms. The first-order valence-corrected chi connectivity index (χ1v) is 13.5. The number of likely N-dealkylation sites (N-methyl/N-ethyl adjacent to an activating group) is 1. The molecule has 0 bridgehead atoms. The van der Waals surface area contributed by atoms with Gasteiger partial charge in [0.05, 0.1) is 12.0 Å². The molecular weight excluding hydrogens is 498 g/mol. The third-order valence-electron chi connectivity index (χ3n) is 6.79. The summed E-state index contributed by atoms with van der Waals surface area (Å²) in [5, 5.41) is 35.5. The lowest BCUT2D eigenvalue weighted by molar-refractivity contribution is -0.0431. The van der Waals surface area contributed by atoms with Gasteiger partial charge in [-0.3, -0.25) is 4.57 Å². The number of nitrogens with zero attached hydrogens (tertiary/aromatic N) is 4. The Morgan fingerprint density at radius 3 is 2.54 bits per heavy atom. The molecule has 2 heterocycles. The predicted molar refractivity (Wildman–Crippen MR) is 153 cm³/mol. The average Bonchev–Trinajstić information content (AvgIpc) is 3.42. The number of imidazole rings is 1. The number of carbonyl (C=O) groups excluding carboxylic acids is 1. The number of ether oxygens (including phenoxy) is 1. The maximum Gasteiger partial charge on any atom is 0.319 e. The van der Waals surface area contributed by atoms with Gasteiger partial charge in [-0.15, -0.1) is 0 Å². The van der Waals surface area contributed by atoms with E-state index in [1.165, 1.54) is 11.9 Å². The summed E-state index contributed by atoms with van der Waals surface area (Å²) in [5.74, 6) is 0.811. The van der Waals surface area contributed by atoms with Crippen molar-refractivity contribution in [2.45, 2.75) is 71.5 Å². The van der Waals surface area contributed by atoms with E-state index in [0.29, 0.717) is 49.2 Å². The number of urea groups is 1. The number of carbonyl (C=O) groups is 1. The number of aliphatic hydroxyl groups excluding tert-OH is 2. The largest absolute Gasteiger partial charge is 0.387 e. The Labute approximate surface area is 230 Å². The molecule has 0 aliphatic carbocycles. The van der Waals surface area contributed by atoms with Crippen LogP contribution in [0.15, 0.2) is 35.6 Å². The Bertz CT molecular complexity index is 1130. The Morgan fingerprint density at radius 1 is 1.23 bits per heavy atom. The lowest BCUT2D eigenvalue weighted by Crippen LogP contribution is -2.39. The third-order valence-corrected chi connectivity index (χ3v) is 6.79. The number of amides is 2. The van der Waals surface area contributed by atoms with E-state index in [0.717, 1.165) is 5.69 Å². The van der Waals surface area contributed by atoms with Crippen molar-refractivity contribution < 1.29 is 19.7 Å². The molecule has 214 valence electrons. The summed E-state index contributed by atoms with van der Waals surface area (Å²) < 4.78 is 7.66. The summed E-state index contributed by atoms with van der Waals surface area (Å²) in [4.78, 5) is 22.9. The van der Waals surface area contributed by atoms with Crippen LogP contribution in [0.3, 0.4) is 0 Å².